The van der Waals surface area contributed by atoms with E-state index in [1.165, 1.54) is 11.1 Å². The molecule has 1 aliphatic heterocycles. The number of fused-ring (bicyclic) bond motifs is 2. The first-order valence-electron chi connectivity index (χ1n) is 29.1. The maximum atomic E-state index is 13.1. The van der Waals surface area contributed by atoms with Gasteiger partial charge in [0, 0.05) is 92.6 Å². The highest BCUT2D eigenvalue weighted by Gasteiger charge is 2.27. The van der Waals surface area contributed by atoms with Crippen molar-refractivity contribution in [3.63, 3.8) is 0 Å². The van der Waals surface area contributed by atoms with E-state index in [4.69, 9.17) is 14.6 Å². The second-order valence-electron chi connectivity index (χ2n) is 21.1. The lowest BCUT2D eigenvalue weighted by molar-refractivity contribution is -0.0365. The summed E-state index contributed by atoms with van der Waals surface area (Å²) in [6.45, 7) is 33.9. The van der Waals surface area contributed by atoms with Gasteiger partial charge in [0.2, 0.25) is 0 Å². The molecule has 6 aromatic heterocycles. The molecule has 20 nitrogen and oxygen atoms in total. The fourth-order valence-corrected chi connectivity index (χ4v) is 9.85. The minimum Gasteiger partial charge on any atom is -0.444 e. The normalized spacial score (nSPS) is 13.3. The molecule has 1 aliphatic rings. The third-order valence-electron chi connectivity index (χ3n) is 14.6. The van der Waals surface area contributed by atoms with Gasteiger partial charge in [-0.15, -0.1) is 0 Å². The Hall–Kier alpha value is -7.81. The molecule has 438 valence electrons. The number of imidazole rings is 2. The van der Waals surface area contributed by atoms with E-state index in [-0.39, 0.29) is 24.1 Å². The number of nitrogens with one attached hydrogen (secondary N) is 5. The van der Waals surface area contributed by atoms with Gasteiger partial charge in [-0.25, -0.2) is 19.4 Å². The lowest BCUT2D eigenvalue weighted by Crippen LogP contribution is -2.36. The summed E-state index contributed by atoms with van der Waals surface area (Å²) in [5.74, 6) is 0.944. The summed E-state index contributed by atoms with van der Waals surface area (Å²) in [5.41, 5.74) is 11.9. The molecule has 1 saturated heterocycles. The molecule has 82 heavy (non-hydrogen) atoms. The van der Waals surface area contributed by atoms with E-state index in [0.717, 1.165) is 101 Å². The quantitative estimate of drug-likeness (QED) is 0.0508. The largest absolute Gasteiger partial charge is 0.444 e. The number of carbonyl (C=O) groups is 3. The van der Waals surface area contributed by atoms with Crippen molar-refractivity contribution in [2.45, 2.75) is 134 Å². The zero-order valence-corrected chi connectivity index (χ0v) is 50.4. The summed E-state index contributed by atoms with van der Waals surface area (Å²) >= 11 is 0. The van der Waals surface area contributed by atoms with Crippen molar-refractivity contribution in [1.29, 1.82) is 0 Å². The number of rotatable bonds is 19. The molecule has 0 saturated carbocycles. The molecule has 9 rings (SSSR count). The van der Waals surface area contributed by atoms with Gasteiger partial charge in [-0.3, -0.25) is 24.7 Å². The number of carbonyl (C=O) groups excluding carboxylic acids is 3. The molecular weight excluding hydrogens is 1030 g/mol. The summed E-state index contributed by atoms with van der Waals surface area (Å²) in [6.07, 6.45) is 13.1. The van der Waals surface area contributed by atoms with Crippen molar-refractivity contribution in [3.05, 3.63) is 107 Å². The summed E-state index contributed by atoms with van der Waals surface area (Å²) in [4.78, 5) is 68.2. The zero-order valence-electron chi connectivity index (χ0n) is 50.4. The second-order valence-corrected chi connectivity index (χ2v) is 21.1. The van der Waals surface area contributed by atoms with E-state index in [2.05, 4.69) is 116 Å². The summed E-state index contributed by atoms with van der Waals surface area (Å²) in [6, 6.07) is 12.4. The van der Waals surface area contributed by atoms with Crippen LogP contribution in [0.3, 0.4) is 0 Å². The number of aromatic nitrogens is 10. The number of aromatic amines is 3. The number of hydrogen-bond acceptors (Lipinski definition) is 13. The maximum absolute atomic E-state index is 13.1. The van der Waals surface area contributed by atoms with Crippen LogP contribution in [0.25, 0.3) is 67.1 Å². The van der Waals surface area contributed by atoms with Gasteiger partial charge < -0.3 is 44.8 Å². The SMILES string of the molecule is CCN(Cc1cncc(-c2ccc3c(c2)c(-c2ncc(C(=O)N(CC)CC)[nH]2)nn3C2CCCCO2)c1C)C(=O)OC(C)(C)C.CCNCC.CCNCc1cncc(-c2ccc3[nH]nc(-c4ncc(C(=O)N(CC)CC)[nH]4)c3c2)c1C. The van der Waals surface area contributed by atoms with E-state index >= 15 is 0 Å². The molecule has 1 fully saturated rings. The van der Waals surface area contributed by atoms with E-state index < -0.39 is 5.60 Å². The Kier molecular flexibility index (Phi) is 21.7. The van der Waals surface area contributed by atoms with E-state index in [1.807, 2.05) is 90.9 Å². The monoisotopic (exact) mass is 1120 g/mol. The van der Waals surface area contributed by atoms with Gasteiger partial charge in [0.25, 0.3) is 11.8 Å². The van der Waals surface area contributed by atoms with Crippen LogP contribution in [0.4, 0.5) is 4.79 Å². The molecule has 7 heterocycles. The van der Waals surface area contributed by atoms with Crippen LogP contribution in [0.15, 0.2) is 73.6 Å². The Morgan fingerprint density at radius 1 is 0.671 bits per heavy atom. The average Bonchev–Trinajstić information content (AvgIpc) is 4.52. The molecule has 0 radical (unpaired) electrons. The van der Waals surface area contributed by atoms with Crippen LogP contribution in [0.1, 0.15) is 145 Å². The number of amides is 3. The van der Waals surface area contributed by atoms with Crippen molar-refractivity contribution >= 4 is 39.7 Å². The topological polar surface area (TPSA) is 233 Å². The van der Waals surface area contributed by atoms with Crippen LogP contribution in [-0.2, 0) is 22.6 Å². The lowest BCUT2D eigenvalue weighted by atomic mass is 9.97. The maximum Gasteiger partial charge on any atom is 0.410 e. The van der Waals surface area contributed by atoms with E-state index in [0.29, 0.717) is 80.3 Å². The van der Waals surface area contributed by atoms with Gasteiger partial charge in [0.15, 0.2) is 17.9 Å². The zero-order chi connectivity index (χ0) is 59.1. The van der Waals surface area contributed by atoms with Crippen molar-refractivity contribution in [2.24, 2.45) is 0 Å². The van der Waals surface area contributed by atoms with Crippen LogP contribution >= 0.6 is 0 Å². The molecule has 5 N–H and O–H groups in total. The summed E-state index contributed by atoms with van der Waals surface area (Å²) in [7, 11) is 0. The van der Waals surface area contributed by atoms with Crippen molar-refractivity contribution < 1.29 is 23.9 Å². The van der Waals surface area contributed by atoms with Gasteiger partial charge in [0.1, 0.15) is 28.4 Å². The Balaban J connectivity index is 0.000000228. The van der Waals surface area contributed by atoms with E-state index in [9.17, 15) is 14.4 Å². The van der Waals surface area contributed by atoms with Crippen molar-refractivity contribution in [3.8, 4) is 45.3 Å². The van der Waals surface area contributed by atoms with Crippen LogP contribution in [0.5, 0.6) is 0 Å². The summed E-state index contributed by atoms with van der Waals surface area (Å²) in [5, 5.41) is 20.9. The molecule has 2 aromatic carbocycles. The first kappa shape index (κ1) is 61.8. The Morgan fingerprint density at radius 3 is 1.76 bits per heavy atom. The Labute approximate surface area is 482 Å². The first-order chi connectivity index (χ1) is 39.5. The number of H-pyrrole nitrogens is 3. The molecule has 0 aliphatic carbocycles. The molecule has 1 unspecified atom stereocenters. The van der Waals surface area contributed by atoms with Crippen molar-refractivity contribution in [2.75, 3.05) is 59.0 Å². The molecule has 20 heteroatoms. The Morgan fingerprint density at radius 2 is 1.22 bits per heavy atom. The fourth-order valence-electron chi connectivity index (χ4n) is 9.85. The van der Waals surface area contributed by atoms with Gasteiger partial charge in [0.05, 0.1) is 30.0 Å². The third-order valence-corrected chi connectivity index (χ3v) is 14.6. The van der Waals surface area contributed by atoms with Gasteiger partial charge in [-0.2, -0.15) is 10.2 Å². The molecule has 0 spiro atoms. The minimum absolute atomic E-state index is 0.0616. The molecule has 0 bridgehead atoms. The predicted molar refractivity (Wildman–Crippen MR) is 324 cm³/mol. The number of ether oxygens (including phenoxy) is 2. The van der Waals surface area contributed by atoms with Crippen molar-refractivity contribution in [1.82, 2.24) is 75.2 Å². The number of hydrogen-bond donors (Lipinski definition) is 5. The lowest BCUT2D eigenvalue weighted by Gasteiger charge is -2.27. The highest BCUT2D eigenvalue weighted by molar-refractivity contribution is 5.98. The van der Waals surface area contributed by atoms with E-state index in [1.54, 1.807) is 27.1 Å². The molecular formula is C62H85N15O5. The minimum atomic E-state index is -0.576. The molecule has 3 amide bonds. The second kappa shape index (κ2) is 28.7. The average molecular weight is 1120 g/mol. The van der Waals surface area contributed by atoms with Crippen LogP contribution in [0.2, 0.25) is 0 Å². The number of nitrogens with zero attached hydrogens (tertiary/aromatic N) is 10. The summed E-state index contributed by atoms with van der Waals surface area (Å²) < 4.78 is 13.7. The van der Waals surface area contributed by atoms with Gasteiger partial charge in [-0.1, -0.05) is 32.9 Å². The standard InChI is InChI=1S/C34H45N7O4.C24H29N7O.C4H11N/c1-8-39(9-2)32(42)27-20-36-31(37-27)30-25-17-23(14-15-28(25)41(38-30)29-13-11-12-16-44-29)26-19-35-18-24(22(26)4)21-40(10-3)33(43)45-34(5,6)7;1-5-25-11-17-12-26-13-19(15(17)4)16-8-9-20-18(10-16)22(30-29-20)23-27-14-21(28-23)24(32)31(6-2)7-3;1-3-5-4-2/h14-15,17-20,29H,8-13,16,21H2,1-7H3,(H,36,37);8-10,12-14,25H,5-7,11H2,1-4H3,(H,27,28)(H,29,30);5H,3-4H2,1-2H3. The first-order valence-corrected chi connectivity index (χ1v) is 29.1. The smallest absolute Gasteiger partial charge is 0.410 e. The highest BCUT2D eigenvalue weighted by Crippen LogP contribution is 2.37. The van der Waals surface area contributed by atoms with Crippen LogP contribution < -0.4 is 10.6 Å². The fraction of sp³-hybridized carbons (Fsp3) is 0.468. The Bertz CT molecular complexity index is 3390. The highest BCUT2D eigenvalue weighted by atomic mass is 16.6. The van der Waals surface area contributed by atoms with Gasteiger partial charge in [-0.05, 0) is 166 Å². The van der Waals surface area contributed by atoms with Gasteiger partial charge >= 0.3 is 6.09 Å². The predicted octanol–water partition coefficient (Wildman–Crippen LogP) is 11.3. The van der Waals surface area contributed by atoms with Crippen LogP contribution in [0, 0.1) is 13.8 Å². The third kappa shape index (κ3) is 14.6. The number of pyridine rings is 2. The molecule has 1 atom stereocenters. The molecule has 8 aromatic rings. The number of benzene rings is 2. The van der Waals surface area contributed by atoms with Crippen LogP contribution in [-0.4, -0.2) is 147 Å².